The zero-order valence-electron chi connectivity index (χ0n) is 15.1. The smallest absolute Gasteiger partial charge is 0.220 e. The highest BCUT2D eigenvalue weighted by Crippen LogP contribution is 2.61. The van der Waals surface area contributed by atoms with Crippen molar-refractivity contribution in [3.63, 3.8) is 0 Å². The van der Waals surface area contributed by atoms with Crippen molar-refractivity contribution in [2.75, 3.05) is 0 Å². The van der Waals surface area contributed by atoms with Gasteiger partial charge in [0.1, 0.15) is 0 Å². The number of carbonyl (C=O) groups excluding carboxylic acids is 1. The van der Waals surface area contributed by atoms with Crippen molar-refractivity contribution < 1.29 is 4.79 Å². The summed E-state index contributed by atoms with van der Waals surface area (Å²) in [5.41, 5.74) is 3.58. The molecule has 136 valence electrons. The third kappa shape index (κ3) is 3.20. The lowest BCUT2D eigenvalue weighted by Gasteiger charge is -2.56. The summed E-state index contributed by atoms with van der Waals surface area (Å²) >= 11 is 1.68. The van der Waals surface area contributed by atoms with E-state index in [0.29, 0.717) is 12.0 Å². The van der Waals surface area contributed by atoms with Gasteiger partial charge in [0.05, 0.1) is 5.69 Å². The molecule has 2 aromatic heterocycles. The quantitative estimate of drug-likeness (QED) is 0.806. The second-order valence-electron chi connectivity index (χ2n) is 8.93. The van der Waals surface area contributed by atoms with Crippen molar-refractivity contribution in [2.45, 2.75) is 51.5 Å². The van der Waals surface area contributed by atoms with Gasteiger partial charge >= 0.3 is 0 Å². The Kier molecular flexibility index (Phi) is 4.11. The first-order chi connectivity index (χ1) is 12.7. The van der Waals surface area contributed by atoms with Gasteiger partial charge in [-0.15, -0.1) is 0 Å². The maximum Gasteiger partial charge on any atom is 0.220 e. The van der Waals surface area contributed by atoms with Crippen LogP contribution >= 0.6 is 11.3 Å². The molecule has 4 bridgehead atoms. The Hall–Kier alpha value is -1.68. The highest BCUT2D eigenvalue weighted by Gasteiger charge is 2.51. The van der Waals surface area contributed by atoms with Gasteiger partial charge in [-0.25, -0.2) is 0 Å². The third-order valence-corrected chi connectivity index (χ3v) is 7.51. The molecule has 4 saturated carbocycles. The molecule has 6 rings (SSSR count). The molecule has 4 aliphatic carbocycles. The lowest BCUT2D eigenvalue weighted by Crippen LogP contribution is -2.47. The van der Waals surface area contributed by atoms with Crippen molar-refractivity contribution >= 4 is 17.2 Å². The van der Waals surface area contributed by atoms with Gasteiger partial charge in [-0.1, -0.05) is 0 Å². The van der Waals surface area contributed by atoms with Gasteiger partial charge < -0.3 is 5.32 Å². The van der Waals surface area contributed by atoms with Crippen molar-refractivity contribution in [1.29, 1.82) is 0 Å². The lowest BCUT2D eigenvalue weighted by molar-refractivity contribution is -0.129. The van der Waals surface area contributed by atoms with E-state index in [9.17, 15) is 4.79 Å². The summed E-state index contributed by atoms with van der Waals surface area (Å²) in [6.07, 6.45) is 10.8. The number of hydrogen-bond acceptors (Lipinski definition) is 3. The SMILES string of the molecule is O=C(CC12CC3CC(CC(C3)C1)C2)NCc1ccnc(-c2ccsc2)c1. The minimum absolute atomic E-state index is 0.237. The normalized spacial score (nSPS) is 31.9. The molecule has 0 aromatic carbocycles. The molecular formula is C22H26N2OS. The van der Waals surface area contributed by atoms with Crippen LogP contribution in [0.1, 0.15) is 50.5 Å². The van der Waals surface area contributed by atoms with Gasteiger partial charge in [0.2, 0.25) is 5.91 Å². The van der Waals surface area contributed by atoms with Gasteiger partial charge in [0.15, 0.2) is 0 Å². The molecule has 0 unspecified atom stereocenters. The molecule has 4 heteroatoms. The summed E-state index contributed by atoms with van der Waals surface area (Å²) in [5.74, 6) is 2.95. The second kappa shape index (κ2) is 6.49. The van der Waals surface area contributed by atoms with Crippen LogP contribution in [0.2, 0.25) is 0 Å². The molecule has 1 N–H and O–H groups in total. The zero-order chi connectivity index (χ0) is 17.6. The van der Waals surface area contributed by atoms with Crippen molar-refractivity contribution in [1.82, 2.24) is 10.3 Å². The number of carbonyl (C=O) groups is 1. The minimum atomic E-state index is 0.237. The molecule has 26 heavy (non-hydrogen) atoms. The predicted molar refractivity (Wildman–Crippen MR) is 105 cm³/mol. The molecule has 2 heterocycles. The van der Waals surface area contributed by atoms with E-state index in [4.69, 9.17) is 0 Å². The highest BCUT2D eigenvalue weighted by atomic mass is 32.1. The number of thiophene rings is 1. The number of aromatic nitrogens is 1. The predicted octanol–water partition coefficient (Wildman–Crippen LogP) is 5.03. The largest absolute Gasteiger partial charge is 0.352 e. The maximum atomic E-state index is 12.7. The monoisotopic (exact) mass is 366 g/mol. The molecule has 0 saturated heterocycles. The van der Waals surface area contributed by atoms with Gasteiger partial charge in [-0.3, -0.25) is 9.78 Å². The molecule has 4 fully saturated rings. The fraction of sp³-hybridized carbons (Fsp3) is 0.545. The first-order valence-electron chi connectivity index (χ1n) is 9.92. The Balaban J connectivity index is 1.21. The van der Waals surface area contributed by atoms with E-state index in [2.05, 4.69) is 33.2 Å². The summed E-state index contributed by atoms with van der Waals surface area (Å²) in [5, 5.41) is 7.36. The molecule has 0 spiro atoms. The van der Waals surface area contributed by atoms with Gasteiger partial charge in [0, 0.05) is 30.1 Å². The Bertz CT molecular complexity index is 763. The number of nitrogens with zero attached hydrogens (tertiary/aromatic N) is 1. The van der Waals surface area contributed by atoms with Crippen molar-refractivity contribution in [3.05, 3.63) is 40.7 Å². The average molecular weight is 367 g/mol. The molecule has 0 radical (unpaired) electrons. The number of rotatable bonds is 5. The van der Waals surface area contributed by atoms with Crippen LogP contribution in [0.4, 0.5) is 0 Å². The topological polar surface area (TPSA) is 42.0 Å². The fourth-order valence-electron chi connectivity index (χ4n) is 6.26. The first kappa shape index (κ1) is 16.5. The fourth-order valence-corrected chi connectivity index (χ4v) is 6.91. The summed E-state index contributed by atoms with van der Waals surface area (Å²) in [4.78, 5) is 17.1. The Morgan fingerprint density at radius 1 is 1.15 bits per heavy atom. The van der Waals surface area contributed by atoms with Crippen LogP contribution in [0, 0.1) is 23.2 Å². The standard InChI is InChI=1S/C22H26N2OS/c25-21(12-22-9-16-5-17(10-22)7-18(6-16)11-22)24-13-15-1-3-23-20(8-15)19-2-4-26-14-19/h1-4,8,14,16-18H,5-7,9-13H2,(H,24,25). The van der Waals surface area contributed by atoms with Crippen LogP contribution in [-0.2, 0) is 11.3 Å². The second-order valence-corrected chi connectivity index (χ2v) is 9.71. The van der Waals surface area contributed by atoms with Gasteiger partial charge in [0.25, 0.3) is 0 Å². The van der Waals surface area contributed by atoms with E-state index in [0.717, 1.165) is 41.0 Å². The van der Waals surface area contributed by atoms with Crippen molar-refractivity contribution in [2.24, 2.45) is 23.2 Å². The molecular weight excluding hydrogens is 340 g/mol. The van der Waals surface area contributed by atoms with Crippen LogP contribution < -0.4 is 5.32 Å². The Morgan fingerprint density at radius 2 is 1.88 bits per heavy atom. The summed E-state index contributed by atoms with van der Waals surface area (Å²) in [7, 11) is 0. The third-order valence-electron chi connectivity index (χ3n) is 6.83. The summed E-state index contributed by atoms with van der Waals surface area (Å²) < 4.78 is 0. The molecule has 3 nitrogen and oxygen atoms in total. The Morgan fingerprint density at radius 3 is 2.54 bits per heavy atom. The van der Waals surface area contributed by atoms with Crippen LogP contribution in [0.3, 0.4) is 0 Å². The number of hydrogen-bond donors (Lipinski definition) is 1. The number of pyridine rings is 1. The van der Waals surface area contributed by atoms with E-state index in [1.807, 2.05) is 12.3 Å². The number of nitrogens with one attached hydrogen (secondary N) is 1. The first-order valence-corrected chi connectivity index (χ1v) is 10.9. The van der Waals surface area contributed by atoms with Crippen LogP contribution in [0.25, 0.3) is 11.3 Å². The minimum Gasteiger partial charge on any atom is -0.352 e. The van der Waals surface area contributed by atoms with E-state index in [1.165, 1.54) is 38.5 Å². The maximum absolute atomic E-state index is 12.7. The molecule has 1 amide bonds. The molecule has 4 aliphatic rings. The van der Waals surface area contributed by atoms with Crippen LogP contribution in [0.15, 0.2) is 35.2 Å². The van der Waals surface area contributed by atoms with Crippen molar-refractivity contribution in [3.8, 4) is 11.3 Å². The molecule has 0 aliphatic heterocycles. The van der Waals surface area contributed by atoms with E-state index < -0.39 is 0 Å². The van der Waals surface area contributed by atoms with Crippen LogP contribution in [-0.4, -0.2) is 10.9 Å². The molecule has 0 atom stereocenters. The average Bonchev–Trinajstić information content (AvgIpc) is 3.13. The highest BCUT2D eigenvalue weighted by molar-refractivity contribution is 7.08. The lowest BCUT2D eigenvalue weighted by atomic mass is 9.49. The summed E-state index contributed by atoms with van der Waals surface area (Å²) in [6.45, 7) is 0.602. The molecule has 2 aromatic rings. The number of amides is 1. The zero-order valence-corrected chi connectivity index (χ0v) is 15.9. The summed E-state index contributed by atoms with van der Waals surface area (Å²) in [6, 6.07) is 6.18. The van der Waals surface area contributed by atoms with Gasteiger partial charge in [-0.05, 0) is 90.8 Å². The van der Waals surface area contributed by atoms with Gasteiger partial charge in [-0.2, -0.15) is 11.3 Å². The van der Waals surface area contributed by atoms with Crippen LogP contribution in [0.5, 0.6) is 0 Å². The van der Waals surface area contributed by atoms with E-state index in [1.54, 1.807) is 11.3 Å². The van der Waals surface area contributed by atoms with E-state index >= 15 is 0 Å². The van der Waals surface area contributed by atoms with E-state index in [-0.39, 0.29) is 5.91 Å². The Labute approximate surface area is 159 Å².